The van der Waals surface area contributed by atoms with Crippen molar-refractivity contribution in [3.05, 3.63) is 76.8 Å². The van der Waals surface area contributed by atoms with Crippen LogP contribution in [0.4, 0.5) is 0 Å². The van der Waals surface area contributed by atoms with Crippen LogP contribution in [-0.4, -0.2) is 52.8 Å². The fraction of sp³-hybridized carbons (Fsp3) is 0.348. The average Bonchev–Trinajstić information content (AvgIpc) is 2.78. The van der Waals surface area contributed by atoms with Gasteiger partial charge in [-0.15, -0.1) is 0 Å². The van der Waals surface area contributed by atoms with Crippen LogP contribution in [0.3, 0.4) is 0 Å². The summed E-state index contributed by atoms with van der Waals surface area (Å²) >= 11 is 0. The van der Waals surface area contributed by atoms with Gasteiger partial charge in [-0.05, 0) is 17.7 Å². The second kappa shape index (κ2) is 9.65. The van der Waals surface area contributed by atoms with Crippen LogP contribution >= 0.6 is 0 Å². The van der Waals surface area contributed by atoms with Gasteiger partial charge in [0.25, 0.3) is 5.56 Å². The first-order valence-electron chi connectivity index (χ1n) is 10.2. The van der Waals surface area contributed by atoms with E-state index in [9.17, 15) is 9.59 Å². The molecule has 3 aromatic rings. The van der Waals surface area contributed by atoms with Crippen molar-refractivity contribution in [3.8, 4) is 0 Å². The number of esters is 1. The van der Waals surface area contributed by atoms with Gasteiger partial charge in [0, 0.05) is 26.2 Å². The molecule has 7 heteroatoms. The van der Waals surface area contributed by atoms with Crippen LogP contribution < -0.4 is 5.56 Å². The molecule has 0 saturated carbocycles. The van der Waals surface area contributed by atoms with Crippen molar-refractivity contribution in [1.29, 1.82) is 0 Å². The van der Waals surface area contributed by atoms with Gasteiger partial charge in [-0.2, -0.15) is 0 Å². The third kappa shape index (κ3) is 5.11. The maximum atomic E-state index is 12.5. The lowest BCUT2D eigenvalue weighted by molar-refractivity contribution is -0.150. The van der Waals surface area contributed by atoms with Gasteiger partial charge in [0.1, 0.15) is 12.7 Å². The molecule has 1 saturated heterocycles. The topological polar surface area (TPSA) is 73.7 Å². The highest BCUT2D eigenvalue weighted by molar-refractivity contribution is 5.77. The second-order valence-electron chi connectivity index (χ2n) is 7.41. The van der Waals surface area contributed by atoms with Crippen molar-refractivity contribution < 1.29 is 14.3 Å². The van der Waals surface area contributed by atoms with Gasteiger partial charge in [-0.1, -0.05) is 42.5 Å². The molecule has 1 aliphatic rings. The number of hydrogen-bond donors (Lipinski definition) is 0. The fourth-order valence-electron chi connectivity index (χ4n) is 3.60. The standard InChI is InChI=1S/C23H25N3O4/c27-22(10-11-26-17-24-21-9-5-4-8-20(21)23(26)28)30-16-19-15-25(12-13-29-19)14-18-6-2-1-3-7-18/h1-9,17,19H,10-16H2. The van der Waals surface area contributed by atoms with Crippen molar-refractivity contribution in [2.75, 3.05) is 26.3 Å². The molecule has 1 unspecified atom stereocenters. The minimum Gasteiger partial charge on any atom is -0.463 e. The van der Waals surface area contributed by atoms with Gasteiger partial charge in [0.2, 0.25) is 0 Å². The highest BCUT2D eigenvalue weighted by Crippen LogP contribution is 2.11. The zero-order chi connectivity index (χ0) is 20.8. The molecule has 156 valence electrons. The number of aromatic nitrogens is 2. The Bertz CT molecular complexity index is 1050. The number of rotatable bonds is 7. The van der Waals surface area contributed by atoms with E-state index >= 15 is 0 Å². The zero-order valence-electron chi connectivity index (χ0n) is 16.8. The van der Waals surface area contributed by atoms with Crippen LogP contribution in [0.25, 0.3) is 10.9 Å². The summed E-state index contributed by atoms with van der Waals surface area (Å²) in [6.07, 6.45) is 1.45. The van der Waals surface area contributed by atoms with Crippen molar-refractivity contribution >= 4 is 16.9 Å². The Labute approximate surface area is 174 Å². The number of ether oxygens (including phenoxy) is 2. The Morgan fingerprint density at radius 2 is 1.93 bits per heavy atom. The molecule has 2 heterocycles. The Kier molecular flexibility index (Phi) is 6.51. The minimum absolute atomic E-state index is 0.111. The number of fused-ring (bicyclic) bond motifs is 1. The van der Waals surface area contributed by atoms with Gasteiger partial charge >= 0.3 is 5.97 Å². The average molecular weight is 407 g/mol. The Morgan fingerprint density at radius 1 is 1.13 bits per heavy atom. The summed E-state index contributed by atoms with van der Waals surface area (Å²) in [7, 11) is 0. The first-order valence-corrected chi connectivity index (χ1v) is 10.2. The molecule has 1 aliphatic heterocycles. The number of nitrogens with zero attached hydrogens (tertiary/aromatic N) is 3. The number of morpholine rings is 1. The second-order valence-corrected chi connectivity index (χ2v) is 7.41. The predicted molar refractivity (Wildman–Crippen MR) is 113 cm³/mol. The molecule has 1 fully saturated rings. The van der Waals surface area contributed by atoms with Crippen LogP contribution in [0.15, 0.2) is 65.7 Å². The molecule has 0 radical (unpaired) electrons. The molecule has 7 nitrogen and oxygen atoms in total. The summed E-state index contributed by atoms with van der Waals surface area (Å²) in [5.41, 5.74) is 1.75. The molecule has 0 aliphatic carbocycles. The van der Waals surface area contributed by atoms with E-state index in [0.717, 1.165) is 19.6 Å². The van der Waals surface area contributed by atoms with E-state index in [0.29, 0.717) is 17.5 Å². The van der Waals surface area contributed by atoms with Gasteiger partial charge in [-0.3, -0.25) is 19.1 Å². The van der Waals surface area contributed by atoms with Gasteiger partial charge in [0.05, 0.1) is 30.3 Å². The summed E-state index contributed by atoms with van der Waals surface area (Å²) in [4.78, 5) is 31.2. The Balaban J connectivity index is 1.25. The SMILES string of the molecule is O=C(CCn1cnc2ccccc2c1=O)OCC1CN(Cc2ccccc2)CCO1. The van der Waals surface area contributed by atoms with E-state index in [1.807, 2.05) is 24.3 Å². The first-order chi connectivity index (χ1) is 14.7. The number of aryl methyl sites for hydroxylation is 1. The number of para-hydroxylation sites is 1. The molecule has 0 spiro atoms. The summed E-state index contributed by atoms with van der Waals surface area (Å²) in [6.45, 7) is 3.50. The van der Waals surface area contributed by atoms with E-state index in [-0.39, 0.29) is 37.2 Å². The highest BCUT2D eigenvalue weighted by atomic mass is 16.6. The van der Waals surface area contributed by atoms with Gasteiger partial charge < -0.3 is 9.47 Å². The van der Waals surface area contributed by atoms with E-state index in [1.54, 1.807) is 18.2 Å². The number of carbonyl (C=O) groups is 1. The molecular formula is C23H25N3O4. The number of hydrogen-bond acceptors (Lipinski definition) is 6. The first kappa shape index (κ1) is 20.3. The maximum absolute atomic E-state index is 12.5. The lowest BCUT2D eigenvalue weighted by Gasteiger charge is -2.32. The summed E-state index contributed by atoms with van der Waals surface area (Å²) in [5.74, 6) is -0.348. The van der Waals surface area contributed by atoms with E-state index in [2.05, 4.69) is 22.0 Å². The highest BCUT2D eigenvalue weighted by Gasteiger charge is 2.22. The van der Waals surface area contributed by atoms with Crippen molar-refractivity contribution in [2.45, 2.75) is 25.6 Å². The number of benzene rings is 2. The lowest BCUT2D eigenvalue weighted by Crippen LogP contribution is -2.44. The third-order valence-electron chi connectivity index (χ3n) is 5.19. The van der Waals surface area contributed by atoms with Crippen LogP contribution in [0.5, 0.6) is 0 Å². The quantitative estimate of drug-likeness (QED) is 0.559. The van der Waals surface area contributed by atoms with Crippen LogP contribution in [-0.2, 0) is 27.4 Å². The molecule has 0 amide bonds. The molecule has 30 heavy (non-hydrogen) atoms. The third-order valence-corrected chi connectivity index (χ3v) is 5.19. The summed E-state index contributed by atoms with van der Waals surface area (Å²) < 4.78 is 12.6. The molecule has 0 N–H and O–H groups in total. The van der Waals surface area contributed by atoms with Crippen molar-refractivity contribution in [3.63, 3.8) is 0 Å². The molecular weight excluding hydrogens is 382 g/mol. The lowest BCUT2D eigenvalue weighted by atomic mass is 10.2. The van der Waals surface area contributed by atoms with Crippen LogP contribution in [0.2, 0.25) is 0 Å². The smallest absolute Gasteiger partial charge is 0.307 e. The van der Waals surface area contributed by atoms with E-state index in [1.165, 1.54) is 16.5 Å². The maximum Gasteiger partial charge on any atom is 0.307 e. The minimum atomic E-state index is -0.348. The van der Waals surface area contributed by atoms with E-state index < -0.39 is 0 Å². The molecule has 1 aromatic heterocycles. The molecule has 0 bridgehead atoms. The molecule has 1 atom stereocenters. The summed E-state index contributed by atoms with van der Waals surface area (Å²) in [6, 6.07) is 17.5. The fourth-order valence-corrected chi connectivity index (χ4v) is 3.60. The van der Waals surface area contributed by atoms with Crippen LogP contribution in [0.1, 0.15) is 12.0 Å². The van der Waals surface area contributed by atoms with E-state index in [4.69, 9.17) is 9.47 Å². The zero-order valence-corrected chi connectivity index (χ0v) is 16.8. The largest absolute Gasteiger partial charge is 0.463 e. The Morgan fingerprint density at radius 3 is 2.80 bits per heavy atom. The van der Waals surface area contributed by atoms with Crippen molar-refractivity contribution in [1.82, 2.24) is 14.5 Å². The molecule has 2 aromatic carbocycles. The molecule has 4 rings (SSSR count). The summed E-state index contributed by atoms with van der Waals surface area (Å²) in [5, 5.41) is 0.544. The van der Waals surface area contributed by atoms with Gasteiger partial charge in [0.15, 0.2) is 0 Å². The predicted octanol–water partition coefficient (Wildman–Crippen LogP) is 2.23. The monoisotopic (exact) mass is 407 g/mol. The van der Waals surface area contributed by atoms with Gasteiger partial charge in [-0.25, -0.2) is 4.98 Å². The Hall–Kier alpha value is -3.03. The van der Waals surface area contributed by atoms with Crippen molar-refractivity contribution in [2.24, 2.45) is 0 Å². The number of carbonyl (C=O) groups excluding carboxylic acids is 1. The normalized spacial score (nSPS) is 17.1. The van der Waals surface area contributed by atoms with Crippen LogP contribution in [0, 0.1) is 0 Å².